The minimum atomic E-state index is -0.736. The van der Waals surface area contributed by atoms with Gasteiger partial charge in [0, 0.05) is 0 Å². The van der Waals surface area contributed by atoms with Crippen molar-refractivity contribution in [2.24, 2.45) is 0 Å². The molecule has 0 nitrogen and oxygen atoms in total. The molecule has 0 aliphatic heterocycles. The number of alkyl halides is 1. The van der Waals surface area contributed by atoms with Crippen LogP contribution in [0.2, 0.25) is 0 Å². The summed E-state index contributed by atoms with van der Waals surface area (Å²) < 4.78 is 12.1. The highest BCUT2D eigenvalue weighted by atomic mass is 19.1. The predicted molar refractivity (Wildman–Crippen MR) is 39.1 cm³/mol. The molecule has 1 unspecified atom stereocenters. The monoisotopic (exact) mass is 128 g/mol. The third-order valence-electron chi connectivity index (χ3n) is 1.09. The third kappa shape index (κ3) is 5.28. The molecular weight excluding hydrogens is 115 g/mol. The molecule has 0 bridgehead atoms. The van der Waals surface area contributed by atoms with E-state index < -0.39 is 6.17 Å². The van der Waals surface area contributed by atoms with E-state index in [9.17, 15) is 4.39 Å². The Morgan fingerprint density at radius 2 is 2.33 bits per heavy atom. The van der Waals surface area contributed by atoms with Crippen molar-refractivity contribution in [3.05, 3.63) is 24.3 Å². The van der Waals surface area contributed by atoms with Gasteiger partial charge in [0.25, 0.3) is 0 Å². The fourth-order valence-corrected chi connectivity index (χ4v) is 0.432. The predicted octanol–water partition coefficient (Wildman–Crippen LogP) is 2.87. The Morgan fingerprint density at radius 3 is 2.67 bits per heavy atom. The molecule has 0 aromatic carbocycles. The standard InChI is InChI=1S/C8H13F/c1-4-7(2)5-6-8(3)9/h4-5,8H,1,6H2,2-3H3/b7-5-. The molecule has 0 aliphatic rings. The summed E-state index contributed by atoms with van der Waals surface area (Å²) in [6.07, 6.45) is 3.33. The van der Waals surface area contributed by atoms with Crippen molar-refractivity contribution in [1.82, 2.24) is 0 Å². The largest absolute Gasteiger partial charge is 0.247 e. The van der Waals surface area contributed by atoms with Crippen LogP contribution < -0.4 is 0 Å². The Bertz CT molecular complexity index is 112. The van der Waals surface area contributed by atoms with Gasteiger partial charge in [-0.15, -0.1) is 0 Å². The summed E-state index contributed by atoms with van der Waals surface area (Å²) in [6.45, 7) is 7.01. The van der Waals surface area contributed by atoms with Gasteiger partial charge in [-0.2, -0.15) is 0 Å². The van der Waals surface area contributed by atoms with Gasteiger partial charge in [-0.3, -0.25) is 0 Å². The molecule has 0 aromatic heterocycles. The average Bonchev–Trinajstić information content (AvgIpc) is 1.83. The van der Waals surface area contributed by atoms with E-state index in [1.807, 2.05) is 13.0 Å². The first-order chi connectivity index (χ1) is 4.16. The molecule has 0 N–H and O–H groups in total. The molecule has 0 aromatic rings. The lowest BCUT2D eigenvalue weighted by Crippen LogP contribution is -1.87. The van der Waals surface area contributed by atoms with Crippen LogP contribution in [0.3, 0.4) is 0 Å². The van der Waals surface area contributed by atoms with Crippen LogP contribution in [0, 0.1) is 0 Å². The zero-order valence-corrected chi connectivity index (χ0v) is 6.02. The van der Waals surface area contributed by atoms with Gasteiger partial charge in [-0.05, 0) is 20.3 Å². The summed E-state index contributed by atoms with van der Waals surface area (Å²) in [5.41, 5.74) is 1.04. The Labute approximate surface area is 56.1 Å². The zero-order chi connectivity index (χ0) is 7.28. The van der Waals surface area contributed by atoms with Gasteiger partial charge in [-0.1, -0.05) is 24.3 Å². The van der Waals surface area contributed by atoms with Crippen LogP contribution in [0.15, 0.2) is 24.3 Å². The fourth-order valence-electron chi connectivity index (χ4n) is 0.432. The molecule has 0 rings (SSSR count). The minimum absolute atomic E-state index is 0.498. The SMILES string of the molecule is C=C/C(C)=C\CC(C)F. The van der Waals surface area contributed by atoms with Crippen molar-refractivity contribution >= 4 is 0 Å². The summed E-state index contributed by atoms with van der Waals surface area (Å²) in [5.74, 6) is 0. The molecule has 9 heavy (non-hydrogen) atoms. The van der Waals surface area contributed by atoms with Crippen LogP contribution >= 0.6 is 0 Å². The van der Waals surface area contributed by atoms with Crippen LogP contribution in [0.25, 0.3) is 0 Å². The number of rotatable bonds is 3. The van der Waals surface area contributed by atoms with Gasteiger partial charge in [0.15, 0.2) is 0 Å². The van der Waals surface area contributed by atoms with Crippen LogP contribution in [-0.2, 0) is 0 Å². The van der Waals surface area contributed by atoms with Crippen molar-refractivity contribution in [3.63, 3.8) is 0 Å². The summed E-state index contributed by atoms with van der Waals surface area (Å²) in [4.78, 5) is 0. The molecule has 0 saturated heterocycles. The third-order valence-corrected chi connectivity index (χ3v) is 1.09. The molecule has 0 aliphatic carbocycles. The zero-order valence-electron chi connectivity index (χ0n) is 6.02. The van der Waals surface area contributed by atoms with Crippen molar-refractivity contribution in [2.45, 2.75) is 26.4 Å². The van der Waals surface area contributed by atoms with Gasteiger partial charge in [-0.25, -0.2) is 4.39 Å². The first kappa shape index (κ1) is 8.41. The van der Waals surface area contributed by atoms with E-state index in [0.717, 1.165) is 5.57 Å². The van der Waals surface area contributed by atoms with Crippen LogP contribution in [0.1, 0.15) is 20.3 Å². The van der Waals surface area contributed by atoms with E-state index in [-0.39, 0.29) is 0 Å². The summed E-state index contributed by atoms with van der Waals surface area (Å²) >= 11 is 0. The maximum Gasteiger partial charge on any atom is 0.101 e. The normalized spacial score (nSPS) is 15.2. The lowest BCUT2D eigenvalue weighted by Gasteiger charge is -1.94. The number of hydrogen-bond donors (Lipinski definition) is 0. The molecule has 52 valence electrons. The van der Waals surface area contributed by atoms with E-state index in [4.69, 9.17) is 0 Å². The van der Waals surface area contributed by atoms with Gasteiger partial charge in [0.2, 0.25) is 0 Å². The lowest BCUT2D eigenvalue weighted by atomic mass is 10.2. The van der Waals surface area contributed by atoms with Gasteiger partial charge in [0.1, 0.15) is 6.17 Å². The number of hydrogen-bond acceptors (Lipinski definition) is 0. The first-order valence-corrected chi connectivity index (χ1v) is 3.10. The summed E-state index contributed by atoms with van der Waals surface area (Å²) in [5, 5.41) is 0. The quantitative estimate of drug-likeness (QED) is 0.513. The second kappa shape index (κ2) is 4.30. The molecule has 0 amide bonds. The van der Waals surface area contributed by atoms with Crippen molar-refractivity contribution < 1.29 is 4.39 Å². The van der Waals surface area contributed by atoms with E-state index in [0.29, 0.717) is 6.42 Å². The minimum Gasteiger partial charge on any atom is -0.247 e. The highest BCUT2D eigenvalue weighted by Gasteiger charge is 1.91. The molecule has 1 heteroatoms. The molecular formula is C8H13F. The highest BCUT2D eigenvalue weighted by molar-refractivity contribution is 5.12. The Kier molecular flexibility index (Phi) is 4.02. The van der Waals surface area contributed by atoms with Crippen LogP contribution in [0.5, 0.6) is 0 Å². The molecule has 0 heterocycles. The number of halogens is 1. The average molecular weight is 128 g/mol. The molecule has 0 saturated carbocycles. The second-order valence-corrected chi connectivity index (χ2v) is 2.17. The van der Waals surface area contributed by atoms with Crippen LogP contribution in [-0.4, -0.2) is 6.17 Å². The summed E-state index contributed by atoms with van der Waals surface area (Å²) in [6, 6.07) is 0. The smallest absolute Gasteiger partial charge is 0.101 e. The van der Waals surface area contributed by atoms with E-state index >= 15 is 0 Å². The van der Waals surface area contributed by atoms with Crippen LogP contribution in [0.4, 0.5) is 4.39 Å². The molecule has 1 atom stereocenters. The highest BCUT2D eigenvalue weighted by Crippen LogP contribution is 2.01. The van der Waals surface area contributed by atoms with Crippen molar-refractivity contribution in [1.29, 1.82) is 0 Å². The van der Waals surface area contributed by atoms with Gasteiger partial charge in [0.05, 0.1) is 0 Å². The fraction of sp³-hybridized carbons (Fsp3) is 0.500. The maximum atomic E-state index is 12.1. The van der Waals surface area contributed by atoms with E-state index in [2.05, 4.69) is 6.58 Å². The Hall–Kier alpha value is -0.590. The summed E-state index contributed by atoms with van der Waals surface area (Å²) in [7, 11) is 0. The Morgan fingerprint density at radius 1 is 1.78 bits per heavy atom. The molecule has 0 radical (unpaired) electrons. The van der Waals surface area contributed by atoms with E-state index in [1.54, 1.807) is 13.0 Å². The van der Waals surface area contributed by atoms with Crippen molar-refractivity contribution in [3.8, 4) is 0 Å². The maximum absolute atomic E-state index is 12.1. The Balaban J connectivity index is 3.56. The first-order valence-electron chi connectivity index (χ1n) is 3.10. The van der Waals surface area contributed by atoms with Gasteiger partial charge >= 0.3 is 0 Å². The molecule has 0 spiro atoms. The van der Waals surface area contributed by atoms with E-state index in [1.165, 1.54) is 0 Å². The topological polar surface area (TPSA) is 0 Å². The van der Waals surface area contributed by atoms with Gasteiger partial charge < -0.3 is 0 Å². The molecule has 0 fully saturated rings. The van der Waals surface area contributed by atoms with Crippen molar-refractivity contribution in [2.75, 3.05) is 0 Å². The lowest BCUT2D eigenvalue weighted by molar-refractivity contribution is 0.365. The second-order valence-electron chi connectivity index (χ2n) is 2.17. The number of allylic oxidation sites excluding steroid dienone is 3.